The fraction of sp³-hybridized carbons (Fsp3) is 0.200. The van der Waals surface area contributed by atoms with Crippen molar-refractivity contribution in [1.82, 2.24) is 4.90 Å². The minimum Gasteiger partial charge on any atom is -0.273 e. The van der Waals surface area contributed by atoms with Crippen LogP contribution in [0.25, 0.3) is 6.08 Å². The number of nitrogens with zero attached hydrogens (tertiary/aromatic N) is 3. The van der Waals surface area contributed by atoms with E-state index in [2.05, 4.69) is 37.9 Å². The van der Waals surface area contributed by atoms with Crippen molar-refractivity contribution in [2.24, 2.45) is 4.99 Å². The number of rotatable bonds is 5. The van der Waals surface area contributed by atoms with Gasteiger partial charge < -0.3 is 0 Å². The van der Waals surface area contributed by atoms with Crippen LogP contribution < -0.4 is 4.90 Å². The standard InChI is InChI=1S/C30H27N3O3S/c1-30(2,3)21-15-13-20(14-16-21)19-25-28(36)33(22-9-5-4-6-10-22)29(31-25)37-18-17-32-26(34)23-11-7-8-12-24(23)27(32)35/h4-16,19H,17-18H2,1-3H3/b25-19+. The van der Waals surface area contributed by atoms with Crippen LogP contribution in [0.2, 0.25) is 0 Å². The summed E-state index contributed by atoms with van der Waals surface area (Å²) in [7, 11) is 0. The molecule has 0 saturated heterocycles. The Labute approximate surface area is 220 Å². The lowest BCUT2D eigenvalue weighted by molar-refractivity contribution is -0.113. The Hall–Kier alpha value is -3.97. The highest BCUT2D eigenvalue weighted by molar-refractivity contribution is 8.14. The van der Waals surface area contributed by atoms with Gasteiger partial charge in [-0.3, -0.25) is 24.2 Å². The van der Waals surface area contributed by atoms with Crippen LogP contribution >= 0.6 is 11.8 Å². The first-order valence-corrected chi connectivity index (χ1v) is 13.1. The molecule has 0 bridgehead atoms. The molecule has 0 aliphatic carbocycles. The average molecular weight is 510 g/mol. The molecule has 5 rings (SSSR count). The summed E-state index contributed by atoms with van der Waals surface area (Å²) in [5.74, 6) is -0.377. The number of hydrogen-bond donors (Lipinski definition) is 0. The number of thioether (sulfide) groups is 1. The van der Waals surface area contributed by atoms with Crippen molar-refractivity contribution in [2.45, 2.75) is 26.2 Å². The van der Waals surface area contributed by atoms with Crippen LogP contribution in [0.15, 0.2) is 89.6 Å². The van der Waals surface area contributed by atoms with E-state index in [1.165, 1.54) is 22.2 Å². The van der Waals surface area contributed by atoms with Crippen LogP contribution in [0, 0.1) is 0 Å². The van der Waals surface area contributed by atoms with E-state index in [1.54, 1.807) is 35.2 Å². The minimum atomic E-state index is -0.287. The number of aliphatic imine (C=N–C) groups is 1. The molecule has 2 aliphatic heterocycles. The fourth-order valence-corrected chi connectivity index (χ4v) is 5.24. The van der Waals surface area contributed by atoms with E-state index >= 15 is 0 Å². The Bertz CT molecular complexity index is 1400. The number of carbonyl (C=O) groups excluding carboxylic acids is 3. The lowest BCUT2D eigenvalue weighted by Crippen LogP contribution is -2.34. The van der Waals surface area contributed by atoms with Crippen LogP contribution in [-0.4, -0.2) is 40.1 Å². The molecule has 0 aromatic heterocycles. The molecule has 0 N–H and O–H groups in total. The summed E-state index contributed by atoms with van der Waals surface area (Å²) in [6.45, 7) is 6.71. The molecule has 0 fully saturated rings. The first-order valence-electron chi connectivity index (χ1n) is 12.1. The van der Waals surface area contributed by atoms with Gasteiger partial charge in [0.2, 0.25) is 0 Å². The molecule has 37 heavy (non-hydrogen) atoms. The monoisotopic (exact) mass is 509 g/mol. The van der Waals surface area contributed by atoms with Gasteiger partial charge in [0.05, 0.1) is 16.8 Å². The van der Waals surface area contributed by atoms with Gasteiger partial charge in [-0.05, 0) is 46.9 Å². The third-order valence-electron chi connectivity index (χ3n) is 6.35. The Morgan fingerprint density at radius 3 is 1.97 bits per heavy atom. The van der Waals surface area contributed by atoms with E-state index in [-0.39, 0.29) is 29.7 Å². The number of para-hydroxylation sites is 1. The highest BCUT2D eigenvalue weighted by Crippen LogP contribution is 2.31. The van der Waals surface area contributed by atoms with Crippen LogP contribution in [0.3, 0.4) is 0 Å². The summed E-state index contributed by atoms with van der Waals surface area (Å²) in [5.41, 5.74) is 4.07. The summed E-state index contributed by atoms with van der Waals surface area (Å²) in [6.07, 6.45) is 1.79. The Morgan fingerprint density at radius 1 is 0.784 bits per heavy atom. The SMILES string of the molecule is CC(C)(C)c1ccc(/C=C2/N=C(SCCN3C(=O)c4ccccc4C3=O)N(c3ccccc3)C2=O)cc1. The van der Waals surface area contributed by atoms with E-state index in [9.17, 15) is 14.4 Å². The predicted molar refractivity (Wildman–Crippen MR) is 149 cm³/mol. The second kappa shape index (κ2) is 9.82. The zero-order valence-corrected chi connectivity index (χ0v) is 21.8. The fourth-order valence-electron chi connectivity index (χ4n) is 4.31. The third-order valence-corrected chi connectivity index (χ3v) is 7.27. The number of fused-ring (bicyclic) bond motifs is 1. The highest BCUT2D eigenvalue weighted by atomic mass is 32.2. The first-order chi connectivity index (χ1) is 17.7. The molecule has 2 heterocycles. The summed E-state index contributed by atoms with van der Waals surface area (Å²) in [4.78, 5) is 46.3. The number of imide groups is 1. The molecule has 186 valence electrons. The number of amidine groups is 1. The zero-order valence-electron chi connectivity index (χ0n) is 21.0. The minimum absolute atomic E-state index is 0.0421. The number of anilines is 1. The Kier molecular flexibility index (Phi) is 6.56. The van der Waals surface area contributed by atoms with Gasteiger partial charge in [-0.15, -0.1) is 0 Å². The maximum Gasteiger partial charge on any atom is 0.283 e. The number of amides is 3. The van der Waals surface area contributed by atoms with Gasteiger partial charge in [0.1, 0.15) is 5.70 Å². The first kappa shape index (κ1) is 24.7. The lowest BCUT2D eigenvalue weighted by Gasteiger charge is -2.19. The van der Waals surface area contributed by atoms with Crippen LogP contribution in [0.1, 0.15) is 52.6 Å². The van der Waals surface area contributed by atoms with Crippen molar-refractivity contribution < 1.29 is 14.4 Å². The molecule has 3 aromatic carbocycles. The molecular weight excluding hydrogens is 482 g/mol. The lowest BCUT2D eigenvalue weighted by atomic mass is 9.87. The van der Waals surface area contributed by atoms with Crippen LogP contribution in [0.5, 0.6) is 0 Å². The van der Waals surface area contributed by atoms with Gasteiger partial charge >= 0.3 is 0 Å². The van der Waals surface area contributed by atoms with Crippen LogP contribution in [0.4, 0.5) is 5.69 Å². The van der Waals surface area contributed by atoms with Crippen molar-refractivity contribution in [2.75, 3.05) is 17.2 Å². The predicted octanol–water partition coefficient (Wildman–Crippen LogP) is 5.76. The Morgan fingerprint density at radius 2 is 1.38 bits per heavy atom. The summed E-state index contributed by atoms with van der Waals surface area (Å²) >= 11 is 1.35. The second-order valence-electron chi connectivity index (χ2n) is 9.93. The van der Waals surface area contributed by atoms with E-state index in [4.69, 9.17) is 0 Å². The van der Waals surface area contributed by atoms with Gasteiger partial charge in [-0.2, -0.15) is 0 Å². The molecular formula is C30H27N3O3S. The maximum absolute atomic E-state index is 13.4. The second-order valence-corrected chi connectivity index (χ2v) is 11.0. The van der Waals surface area contributed by atoms with E-state index in [0.717, 1.165) is 5.56 Å². The maximum atomic E-state index is 13.4. The third kappa shape index (κ3) is 4.87. The molecule has 7 heteroatoms. The molecule has 2 aliphatic rings. The largest absolute Gasteiger partial charge is 0.283 e. The van der Waals surface area contributed by atoms with Gasteiger partial charge in [0, 0.05) is 12.3 Å². The number of carbonyl (C=O) groups is 3. The van der Waals surface area contributed by atoms with Crippen molar-refractivity contribution in [3.63, 3.8) is 0 Å². The molecule has 0 unspecified atom stereocenters. The van der Waals surface area contributed by atoms with E-state index < -0.39 is 0 Å². The van der Waals surface area contributed by atoms with Crippen molar-refractivity contribution in [3.8, 4) is 0 Å². The quantitative estimate of drug-likeness (QED) is 0.324. The van der Waals surface area contributed by atoms with Crippen LogP contribution in [-0.2, 0) is 10.2 Å². The van der Waals surface area contributed by atoms with E-state index in [1.807, 2.05) is 42.5 Å². The molecule has 0 atom stereocenters. The molecule has 3 aromatic rings. The van der Waals surface area contributed by atoms with Gasteiger partial charge in [-0.25, -0.2) is 4.99 Å². The number of hydrogen-bond acceptors (Lipinski definition) is 5. The van der Waals surface area contributed by atoms with Crippen molar-refractivity contribution in [3.05, 3.63) is 107 Å². The normalized spacial score (nSPS) is 16.6. The van der Waals surface area contributed by atoms with Crippen molar-refractivity contribution in [1.29, 1.82) is 0 Å². The Balaban J connectivity index is 1.36. The summed E-state index contributed by atoms with van der Waals surface area (Å²) < 4.78 is 0. The van der Waals surface area contributed by atoms with Gasteiger partial charge in [0.15, 0.2) is 5.17 Å². The molecule has 6 nitrogen and oxygen atoms in total. The van der Waals surface area contributed by atoms with E-state index in [0.29, 0.717) is 33.4 Å². The topological polar surface area (TPSA) is 70.1 Å². The molecule has 3 amide bonds. The average Bonchev–Trinajstić information content (AvgIpc) is 3.32. The smallest absolute Gasteiger partial charge is 0.273 e. The van der Waals surface area contributed by atoms with Crippen molar-refractivity contribution >= 4 is 46.4 Å². The molecule has 0 saturated carbocycles. The summed E-state index contributed by atoms with van der Waals surface area (Å²) in [6, 6.07) is 24.3. The highest BCUT2D eigenvalue weighted by Gasteiger charge is 2.36. The molecule has 0 spiro atoms. The van der Waals surface area contributed by atoms with Gasteiger partial charge in [-0.1, -0.05) is 87.1 Å². The number of benzene rings is 3. The zero-order chi connectivity index (χ0) is 26.2. The van der Waals surface area contributed by atoms with Gasteiger partial charge in [0.25, 0.3) is 17.7 Å². The summed E-state index contributed by atoms with van der Waals surface area (Å²) in [5, 5.41) is 0.519. The molecule has 0 radical (unpaired) electrons.